The van der Waals surface area contributed by atoms with E-state index in [9.17, 15) is 8.42 Å². The van der Waals surface area contributed by atoms with E-state index in [1.165, 1.54) is 12.1 Å². The second-order valence-corrected chi connectivity index (χ2v) is 8.75. The second kappa shape index (κ2) is 8.39. The number of sulfonamides is 1. The molecule has 0 spiro atoms. The number of ether oxygens (including phenoxy) is 1. The van der Waals surface area contributed by atoms with Gasteiger partial charge in [-0.05, 0) is 61.9 Å². The minimum atomic E-state index is -3.56. The standard InChI is InChI=1S/C19H23ClN2O3S/c1-22-12-10-18(11-13-22)25-17-6-2-15(3-7-17)14-21-26(23,24)19-8-4-16(20)5-9-19/h2-9,18,21H,10-14H2,1H3. The van der Waals surface area contributed by atoms with Crippen LogP contribution in [0, 0.1) is 0 Å². The van der Waals surface area contributed by atoms with Crippen molar-refractivity contribution in [2.75, 3.05) is 20.1 Å². The van der Waals surface area contributed by atoms with Crippen LogP contribution in [0.3, 0.4) is 0 Å². The lowest BCUT2D eigenvalue weighted by Gasteiger charge is -2.29. The molecule has 0 aliphatic carbocycles. The van der Waals surface area contributed by atoms with Crippen LogP contribution in [0.25, 0.3) is 0 Å². The summed E-state index contributed by atoms with van der Waals surface area (Å²) in [5.41, 5.74) is 0.873. The van der Waals surface area contributed by atoms with Gasteiger partial charge in [0, 0.05) is 24.7 Å². The van der Waals surface area contributed by atoms with Gasteiger partial charge in [0.2, 0.25) is 10.0 Å². The van der Waals surface area contributed by atoms with Gasteiger partial charge in [0.15, 0.2) is 0 Å². The molecule has 0 radical (unpaired) electrons. The number of nitrogens with zero attached hydrogens (tertiary/aromatic N) is 1. The van der Waals surface area contributed by atoms with Crippen LogP contribution in [-0.4, -0.2) is 39.6 Å². The van der Waals surface area contributed by atoms with E-state index in [1.54, 1.807) is 12.1 Å². The number of hydrogen-bond acceptors (Lipinski definition) is 4. The molecule has 1 fully saturated rings. The third-order valence-corrected chi connectivity index (χ3v) is 6.15. The summed E-state index contributed by atoms with van der Waals surface area (Å²) in [6, 6.07) is 13.7. The molecule has 2 aromatic carbocycles. The summed E-state index contributed by atoms with van der Waals surface area (Å²) in [5.74, 6) is 0.823. The second-order valence-electron chi connectivity index (χ2n) is 6.54. The summed E-state index contributed by atoms with van der Waals surface area (Å²) in [6.07, 6.45) is 2.30. The van der Waals surface area contributed by atoms with Crippen molar-refractivity contribution in [3.8, 4) is 5.75 Å². The first-order valence-electron chi connectivity index (χ1n) is 8.62. The zero-order valence-electron chi connectivity index (χ0n) is 14.7. The zero-order chi connectivity index (χ0) is 18.6. The molecule has 0 saturated carbocycles. The minimum Gasteiger partial charge on any atom is -0.490 e. The van der Waals surface area contributed by atoms with E-state index in [4.69, 9.17) is 16.3 Å². The van der Waals surface area contributed by atoms with Crippen molar-refractivity contribution >= 4 is 21.6 Å². The first-order chi connectivity index (χ1) is 12.4. The van der Waals surface area contributed by atoms with E-state index in [1.807, 2.05) is 24.3 Å². The molecular weight excluding hydrogens is 372 g/mol. The van der Waals surface area contributed by atoms with Gasteiger partial charge in [-0.2, -0.15) is 0 Å². The van der Waals surface area contributed by atoms with Crippen LogP contribution in [0.5, 0.6) is 5.75 Å². The maximum atomic E-state index is 12.3. The average molecular weight is 395 g/mol. The predicted molar refractivity (Wildman–Crippen MR) is 103 cm³/mol. The van der Waals surface area contributed by atoms with Crippen molar-refractivity contribution in [3.63, 3.8) is 0 Å². The highest BCUT2D eigenvalue weighted by Gasteiger charge is 2.18. The van der Waals surface area contributed by atoms with Gasteiger partial charge in [-0.1, -0.05) is 23.7 Å². The molecular formula is C19H23ClN2O3S. The number of rotatable bonds is 6. The fourth-order valence-electron chi connectivity index (χ4n) is 2.86. The minimum absolute atomic E-state index is 0.198. The van der Waals surface area contributed by atoms with Crippen LogP contribution < -0.4 is 9.46 Å². The lowest BCUT2D eigenvalue weighted by Crippen LogP contribution is -2.35. The van der Waals surface area contributed by atoms with Crippen LogP contribution in [0.2, 0.25) is 5.02 Å². The van der Waals surface area contributed by atoms with Gasteiger partial charge in [-0.3, -0.25) is 0 Å². The molecule has 2 aromatic rings. The monoisotopic (exact) mass is 394 g/mol. The highest BCUT2D eigenvalue weighted by molar-refractivity contribution is 7.89. The summed E-state index contributed by atoms with van der Waals surface area (Å²) < 4.78 is 33.2. The quantitative estimate of drug-likeness (QED) is 0.816. The predicted octanol–water partition coefficient (Wildman–Crippen LogP) is 3.29. The Labute approximate surface area is 160 Å². The van der Waals surface area contributed by atoms with Gasteiger partial charge < -0.3 is 9.64 Å². The average Bonchev–Trinajstić information content (AvgIpc) is 2.63. The van der Waals surface area contributed by atoms with Crippen molar-refractivity contribution in [2.24, 2.45) is 0 Å². The normalized spacial score (nSPS) is 16.5. The first kappa shape index (κ1) is 19.2. The molecule has 0 aromatic heterocycles. The molecule has 26 heavy (non-hydrogen) atoms. The molecule has 5 nitrogen and oxygen atoms in total. The van der Waals surface area contributed by atoms with Crippen LogP contribution in [0.15, 0.2) is 53.4 Å². The van der Waals surface area contributed by atoms with Crippen LogP contribution in [0.4, 0.5) is 0 Å². The van der Waals surface area contributed by atoms with Crippen LogP contribution >= 0.6 is 11.6 Å². The van der Waals surface area contributed by atoms with Gasteiger partial charge in [-0.25, -0.2) is 13.1 Å². The Bertz CT molecular complexity index is 815. The van der Waals surface area contributed by atoms with E-state index in [0.29, 0.717) is 5.02 Å². The molecule has 3 rings (SSSR count). The van der Waals surface area contributed by atoms with Crippen molar-refractivity contribution in [1.82, 2.24) is 9.62 Å². The molecule has 0 atom stereocenters. The Morgan fingerprint density at radius 2 is 1.69 bits per heavy atom. The molecule has 7 heteroatoms. The fraction of sp³-hybridized carbons (Fsp3) is 0.368. The largest absolute Gasteiger partial charge is 0.490 e. The summed E-state index contributed by atoms with van der Waals surface area (Å²) in [5, 5.41) is 0.504. The molecule has 0 bridgehead atoms. The highest BCUT2D eigenvalue weighted by Crippen LogP contribution is 2.19. The van der Waals surface area contributed by atoms with Gasteiger partial charge in [-0.15, -0.1) is 0 Å². The van der Waals surface area contributed by atoms with E-state index < -0.39 is 10.0 Å². The van der Waals surface area contributed by atoms with E-state index in [0.717, 1.165) is 37.2 Å². The summed E-state index contributed by atoms with van der Waals surface area (Å²) in [7, 11) is -1.44. The molecule has 0 unspecified atom stereocenters. The van der Waals surface area contributed by atoms with Gasteiger partial charge in [0.1, 0.15) is 11.9 Å². The first-order valence-corrected chi connectivity index (χ1v) is 10.5. The Kier molecular flexibility index (Phi) is 6.19. The topological polar surface area (TPSA) is 58.6 Å². The lowest BCUT2D eigenvalue weighted by atomic mass is 10.1. The Hall–Kier alpha value is -1.60. The zero-order valence-corrected chi connectivity index (χ0v) is 16.3. The molecule has 1 N–H and O–H groups in total. The number of likely N-dealkylation sites (tertiary alicyclic amines) is 1. The molecule has 1 aliphatic rings. The van der Waals surface area contributed by atoms with Gasteiger partial charge in [0.05, 0.1) is 4.90 Å². The van der Waals surface area contributed by atoms with E-state index >= 15 is 0 Å². The molecule has 140 valence electrons. The Morgan fingerprint density at radius 3 is 2.31 bits per heavy atom. The molecule has 1 aliphatic heterocycles. The van der Waals surface area contributed by atoms with Crippen molar-refractivity contribution < 1.29 is 13.2 Å². The van der Waals surface area contributed by atoms with E-state index in [-0.39, 0.29) is 17.5 Å². The SMILES string of the molecule is CN1CCC(Oc2ccc(CNS(=O)(=O)c3ccc(Cl)cc3)cc2)CC1. The number of nitrogens with one attached hydrogen (secondary N) is 1. The van der Waals surface area contributed by atoms with Crippen molar-refractivity contribution in [1.29, 1.82) is 0 Å². The Balaban J connectivity index is 1.55. The summed E-state index contributed by atoms with van der Waals surface area (Å²) >= 11 is 5.80. The third-order valence-electron chi connectivity index (χ3n) is 4.48. The maximum absolute atomic E-state index is 12.3. The number of benzene rings is 2. The summed E-state index contributed by atoms with van der Waals surface area (Å²) in [4.78, 5) is 2.50. The van der Waals surface area contributed by atoms with Crippen LogP contribution in [-0.2, 0) is 16.6 Å². The number of hydrogen-bond donors (Lipinski definition) is 1. The third kappa shape index (κ3) is 5.20. The van der Waals surface area contributed by atoms with Gasteiger partial charge in [0.25, 0.3) is 0 Å². The van der Waals surface area contributed by atoms with Crippen molar-refractivity contribution in [2.45, 2.75) is 30.4 Å². The maximum Gasteiger partial charge on any atom is 0.240 e. The Morgan fingerprint density at radius 1 is 1.08 bits per heavy atom. The molecule has 1 heterocycles. The summed E-state index contributed by atoms with van der Waals surface area (Å²) in [6.45, 7) is 2.32. The van der Waals surface area contributed by atoms with E-state index in [2.05, 4.69) is 16.7 Å². The molecule has 1 saturated heterocycles. The van der Waals surface area contributed by atoms with Crippen LogP contribution in [0.1, 0.15) is 18.4 Å². The fourth-order valence-corrected chi connectivity index (χ4v) is 4.00. The van der Waals surface area contributed by atoms with Gasteiger partial charge >= 0.3 is 0 Å². The smallest absolute Gasteiger partial charge is 0.240 e. The highest BCUT2D eigenvalue weighted by atomic mass is 35.5. The lowest BCUT2D eigenvalue weighted by molar-refractivity contribution is 0.114. The number of halogens is 1. The molecule has 0 amide bonds. The van der Waals surface area contributed by atoms with Crippen molar-refractivity contribution in [3.05, 3.63) is 59.1 Å². The number of piperidine rings is 1.